The number of benzene rings is 1. The van der Waals surface area contributed by atoms with Crippen molar-refractivity contribution in [2.45, 2.75) is 44.7 Å². The largest absolute Gasteiger partial charge is 0.433 e. The van der Waals surface area contributed by atoms with Crippen molar-refractivity contribution in [2.24, 2.45) is 0 Å². The lowest BCUT2D eigenvalue weighted by molar-refractivity contribution is -0.142. The van der Waals surface area contributed by atoms with E-state index in [1.165, 1.54) is 6.92 Å². The van der Waals surface area contributed by atoms with Gasteiger partial charge in [0.05, 0.1) is 0 Å². The second-order valence-corrected chi connectivity index (χ2v) is 7.78. The van der Waals surface area contributed by atoms with E-state index in [1.807, 2.05) is 6.07 Å². The molecule has 1 aliphatic carbocycles. The molecule has 1 saturated heterocycles. The minimum absolute atomic E-state index is 0.0600. The quantitative estimate of drug-likeness (QED) is 0.588. The molecule has 5 rings (SSSR count). The van der Waals surface area contributed by atoms with Crippen molar-refractivity contribution in [1.29, 1.82) is 0 Å². The molecule has 0 bridgehead atoms. The summed E-state index contributed by atoms with van der Waals surface area (Å²) in [6, 6.07) is 7.25. The lowest BCUT2D eigenvalue weighted by Crippen LogP contribution is -2.43. The highest BCUT2D eigenvalue weighted by Gasteiger charge is 2.40. The minimum atomic E-state index is -4.55. The first-order chi connectivity index (χ1) is 14.8. The summed E-state index contributed by atoms with van der Waals surface area (Å²) in [7, 11) is 0. The molecule has 1 fully saturated rings. The Balaban J connectivity index is 1.42. The molecule has 3 heterocycles. The Bertz CT molecular complexity index is 1170. The minimum Gasteiger partial charge on any atom is -0.339 e. The molecule has 0 N–H and O–H groups in total. The highest BCUT2D eigenvalue weighted by atomic mass is 19.4. The van der Waals surface area contributed by atoms with Crippen molar-refractivity contribution in [3.8, 4) is 11.4 Å². The van der Waals surface area contributed by atoms with Gasteiger partial charge in [-0.3, -0.25) is 4.79 Å². The summed E-state index contributed by atoms with van der Waals surface area (Å²) in [6.45, 7) is 2.14. The molecule has 160 valence electrons. The number of alkyl halides is 3. The summed E-state index contributed by atoms with van der Waals surface area (Å²) in [4.78, 5) is 25.7. The van der Waals surface area contributed by atoms with E-state index >= 15 is 0 Å². The Morgan fingerprint density at radius 3 is 2.71 bits per heavy atom. The number of hydrogen-bond acceptors (Lipinski definition) is 6. The van der Waals surface area contributed by atoms with Gasteiger partial charge in [-0.2, -0.15) is 18.2 Å². The van der Waals surface area contributed by atoms with Crippen LogP contribution < -0.4 is 4.90 Å². The summed E-state index contributed by atoms with van der Waals surface area (Å²) in [5.41, 5.74) is 1.09. The zero-order valence-electron chi connectivity index (χ0n) is 16.6. The Hall–Kier alpha value is -3.30. The fourth-order valence-corrected chi connectivity index (χ4v) is 4.10. The van der Waals surface area contributed by atoms with Gasteiger partial charge in [-0.05, 0) is 38.3 Å². The van der Waals surface area contributed by atoms with Crippen LogP contribution in [0.3, 0.4) is 0 Å². The van der Waals surface area contributed by atoms with Gasteiger partial charge in [-0.15, -0.1) is 0 Å². The van der Waals surface area contributed by atoms with Crippen LogP contribution in [-0.2, 0) is 23.8 Å². The molecule has 1 unspecified atom stereocenters. The van der Waals surface area contributed by atoms with Gasteiger partial charge in [0.2, 0.25) is 17.6 Å². The number of amides is 1. The van der Waals surface area contributed by atoms with Gasteiger partial charge in [-0.25, -0.2) is 9.97 Å². The topological polar surface area (TPSA) is 85.0 Å². The van der Waals surface area contributed by atoms with Crippen LogP contribution in [0.2, 0.25) is 0 Å². The molecular weight excluding hydrogens is 411 g/mol. The Labute approximate surface area is 175 Å². The first-order valence-electron chi connectivity index (χ1n) is 9.97. The molecule has 0 spiro atoms. The van der Waals surface area contributed by atoms with Crippen LogP contribution >= 0.6 is 0 Å². The Kier molecular flexibility index (Phi) is 4.53. The van der Waals surface area contributed by atoms with Gasteiger partial charge < -0.3 is 9.42 Å². The molecule has 2 aliphatic rings. The van der Waals surface area contributed by atoms with Gasteiger partial charge in [0.25, 0.3) is 0 Å². The van der Waals surface area contributed by atoms with E-state index in [0.717, 1.165) is 5.69 Å². The first-order valence-corrected chi connectivity index (χ1v) is 9.97. The van der Waals surface area contributed by atoms with Gasteiger partial charge in [0.1, 0.15) is 5.82 Å². The van der Waals surface area contributed by atoms with Crippen LogP contribution in [0.5, 0.6) is 0 Å². The van der Waals surface area contributed by atoms with Crippen molar-refractivity contribution < 1.29 is 22.5 Å². The molecule has 0 saturated carbocycles. The predicted octanol–water partition coefficient (Wildman–Crippen LogP) is 3.86. The first kappa shape index (κ1) is 19.7. The average molecular weight is 429 g/mol. The molecule has 2 aromatic heterocycles. The summed E-state index contributed by atoms with van der Waals surface area (Å²) < 4.78 is 45.9. The van der Waals surface area contributed by atoms with Crippen LogP contribution in [0.1, 0.15) is 47.4 Å². The van der Waals surface area contributed by atoms with Crippen LogP contribution in [-0.4, -0.2) is 32.6 Å². The second kappa shape index (κ2) is 7.14. The van der Waals surface area contributed by atoms with Crippen LogP contribution in [0.25, 0.3) is 11.4 Å². The molecule has 1 atom stereocenters. The third-order valence-corrected chi connectivity index (χ3v) is 5.71. The number of aryl methyl sites for hydroxylation is 2. The number of nitrogens with zero attached hydrogens (tertiary/aromatic N) is 5. The number of β-lactam (4-membered cyclic amide) rings is 1. The lowest BCUT2D eigenvalue weighted by Gasteiger charge is -2.30. The predicted molar refractivity (Wildman–Crippen MR) is 103 cm³/mol. The van der Waals surface area contributed by atoms with Crippen LogP contribution in [0, 0.1) is 6.92 Å². The highest BCUT2D eigenvalue weighted by molar-refractivity contribution is 5.99. The van der Waals surface area contributed by atoms with E-state index in [-0.39, 0.29) is 29.6 Å². The molecule has 0 radical (unpaired) electrons. The highest BCUT2D eigenvalue weighted by Crippen LogP contribution is 2.39. The average Bonchev–Trinajstić information content (AvgIpc) is 3.21. The number of fused-ring (bicyclic) bond motifs is 1. The SMILES string of the molecule is Cc1nc2c(c(C(F)(F)F)n1)CC(c1nc(-c3cccc(N4CCC4=O)c3)no1)CC2. The number of rotatable bonds is 3. The number of carbonyl (C=O) groups excluding carboxylic acids is 1. The van der Waals surface area contributed by atoms with Crippen molar-refractivity contribution in [3.63, 3.8) is 0 Å². The molecule has 7 nitrogen and oxygen atoms in total. The van der Waals surface area contributed by atoms with E-state index in [0.29, 0.717) is 48.8 Å². The third kappa shape index (κ3) is 3.55. The third-order valence-electron chi connectivity index (χ3n) is 5.71. The summed E-state index contributed by atoms with van der Waals surface area (Å²) in [6.07, 6.45) is -2.98. The zero-order chi connectivity index (χ0) is 21.8. The molecule has 1 aromatic carbocycles. The summed E-state index contributed by atoms with van der Waals surface area (Å²) in [5, 5.41) is 4.02. The smallest absolute Gasteiger partial charge is 0.339 e. The maximum atomic E-state index is 13.5. The maximum Gasteiger partial charge on any atom is 0.433 e. The number of hydrogen-bond donors (Lipinski definition) is 0. The monoisotopic (exact) mass is 429 g/mol. The van der Waals surface area contributed by atoms with Crippen molar-refractivity contribution in [2.75, 3.05) is 11.4 Å². The van der Waals surface area contributed by atoms with Crippen LogP contribution in [0.15, 0.2) is 28.8 Å². The summed E-state index contributed by atoms with van der Waals surface area (Å²) in [5.74, 6) is 0.461. The van der Waals surface area contributed by atoms with Crippen LogP contribution in [0.4, 0.5) is 18.9 Å². The Morgan fingerprint density at radius 2 is 2.00 bits per heavy atom. The summed E-state index contributed by atoms with van der Waals surface area (Å²) >= 11 is 0. The van der Waals surface area contributed by atoms with Gasteiger partial charge in [0, 0.05) is 41.4 Å². The van der Waals surface area contributed by atoms with Gasteiger partial charge in [-0.1, -0.05) is 17.3 Å². The van der Waals surface area contributed by atoms with E-state index in [4.69, 9.17) is 4.52 Å². The Morgan fingerprint density at radius 1 is 1.16 bits per heavy atom. The van der Waals surface area contributed by atoms with Crippen molar-refractivity contribution >= 4 is 11.6 Å². The standard InChI is InChI=1S/C21H18F3N5O2/c1-11-25-16-6-5-13(10-15(16)18(26-11)21(22,23)24)20-27-19(28-31-20)12-3-2-4-14(9-12)29-8-7-17(29)30/h2-4,9,13H,5-8,10H2,1H3. The number of anilines is 1. The van der Waals surface area contributed by atoms with Crippen molar-refractivity contribution in [3.05, 3.63) is 52.9 Å². The van der Waals surface area contributed by atoms with E-state index in [2.05, 4.69) is 20.1 Å². The molecule has 1 amide bonds. The second-order valence-electron chi connectivity index (χ2n) is 7.78. The number of halogens is 3. The number of aromatic nitrogens is 4. The maximum absolute atomic E-state index is 13.5. The molecule has 31 heavy (non-hydrogen) atoms. The van der Waals surface area contributed by atoms with E-state index in [9.17, 15) is 18.0 Å². The molecular formula is C21H18F3N5O2. The fraction of sp³-hybridized carbons (Fsp3) is 0.381. The zero-order valence-corrected chi connectivity index (χ0v) is 16.6. The van der Waals surface area contributed by atoms with Gasteiger partial charge >= 0.3 is 6.18 Å². The van der Waals surface area contributed by atoms with Crippen molar-refractivity contribution in [1.82, 2.24) is 20.1 Å². The van der Waals surface area contributed by atoms with E-state index in [1.54, 1.807) is 23.1 Å². The van der Waals surface area contributed by atoms with E-state index < -0.39 is 11.9 Å². The molecule has 1 aliphatic heterocycles. The molecule has 10 heteroatoms. The van der Waals surface area contributed by atoms with Gasteiger partial charge in [0.15, 0.2) is 5.69 Å². The lowest BCUT2D eigenvalue weighted by atomic mass is 9.85. The fourth-order valence-electron chi connectivity index (χ4n) is 4.10. The normalized spacial score (nSPS) is 18.6. The molecule has 3 aromatic rings. The number of carbonyl (C=O) groups is 1.